The molecule has 0 aliphatic carbocycles. The third kappa shape index (κ3) is 3.86. The number of rotatable bonds is 6. The van der Waals surface area contributed by atoms with Gasteiger partial charge in [-0.1, -0.05) is 0 Å². The summed E-state index contributed by atoms with van der Waals surface area (Å²) in [7, 11) is 0. The number of imidazole rings is 1. The molecule has 0 atom stereocenters. The van der Waals surface area contributed by atoms with E-state index in [1.165, 1.54) is 58.4 Å². The highest BCUT2D eigenvalue weighted by atomic mass is 19.1. The van der Waals surface area contributed by atoms with E-state index in [2.05, 4.69) is 10.1 Å². The van der Waals surface area contributed by atoms with Crippen LogP contribution in [0.3, 0.4) is 0 Å². The van der Waals surface area contributed by atoms with E-state index in [0.29, 0.717) is 5.69 Å². The first-order valence-electron chi connectivity index (χ1n) is 7.17. The van der Waals surface area contributed by atoms with Crippen LogP contribution >= 0.6 is 0 Å². The molecule has 0 aliphatic heterocycles. The van der Waals surface area contributed by atoms with Crippen molar-refractivity contribution in [2.24, 2.45) is 0 Å². The summed E-state index contributed by atoms with van der Waals surface area (Å²) in [4.78, 5) is 25.5. The molecule has 0 spiro atoms. The fourth-order valence-corrected chi connectivity index (χ4v) is 2.06. The molecule has 9 nitrogen and oxygen atoms in total. The van der Waals surface area contributed by atoms with Gasteiger partial charge in [0.05, 0.1) is 24.0 Å². The summed E-state index contributed by atoms with van der Waals surface area (Å²) < 4.78 is 20.9. The van der Waals surface area contributed by atoms with Gasteiger partial charge in [0, 0.05) is 6.20 Å². The minimum atomic E-state index is -0.605. The van der Waals surface area contributed by atoms with Crippen LogP contribution in [0.1, 0.15) is 10.4 Å². The Hall–Kier alpha value is -3.56. The maximum Gasteiger partial charge on any atom is 0.381 e. The molecule has 2 aromatic heterocycles. The second-order valence-electron chi connectivity index (χ2n) is 5.01. The molecule has 0 bridgehead atoms. The van der Waals surface area contributed by atoms with E-state index in [9.17, 15) is 19.3 Å². The molecule has 128 valence electrons. The largest absolute Gasteiger partial charge is 0.460 e. The molecular weight excluding hydrogens is 333 g/mol. The number of halogens is 1. The fraction of sp³-hybridized carbons (Fsp3) is 0.133. The van der Waals surface area contributed by atoms with Crippen LogP contribution in [-0.4, -0.2) is 36.8 Å². The Morgan fingerprint density at radius 1 is 1.28 bits per heavy atom. The molecule has 0 radical (unpaired) electrons. The molecule has 3 rings (SSSR count). The predicted molar refractivity (Wildman–Crippen MR) is 82.7 cm³/mol. The fourth-order valence-electron chi connectivity index (χ4n) is 2.06. The number of nitro groups is 1. The van der Waals surface area contributed by atoms with Gasteiger partial charge in [-0.25, -0.2) is 13.9 Å². The van der Waals surface area contributed by atoms with Crippen LogP contribution in [0.15, 0.2) is 49.2 Å². The molecule has 0 amide bonds. The third-order valence-corrected chi connectivity index (χ3v) is 3.30. The molecule has 2 heterocycles. The summed E-state index contributed by atoms with van der Waals surface area (Å²) in [6.45, 7) is 0.257. The quantitative estimate of drug-likeness (QED) is 0.384. The van der Waals surface area contributed by atoms with E-state index in [1.54, 1.807) is 0 Å². The molecule has 25 heavy (non-hydrogen) atoms. The Kier molecular flexibility index (Phi) is 4.50. The summed E-state index contributed by atoms with van der Waals surface area (Å²) in [6, 6.07) is 5.64. The van der Waals surface area contributed by atoms with Gasteiger partial charge in [-0.15, -0.1) is 0 Å². The smallest absolute Gasteiger partial charge is 0.381 e. The van der Waals surface area contributed by atoms with Crippen molar-refractivity contribution in [2.75, 3.05) is 6.61 Å². The summed E-state index contributed by atoms with van der Waals surface area (Å²) in [5, 5.41) is 14.6. The Balaban J connectivity index is 1.56. The maximum atomic E-state index is 12.9. The first-order valence-corrected chi connectivity index (χ1v) is 7.17. The van der Waals surface area contributed by atoms with Gasteiger partial charge in [0.1, 0.15) is 18.6 Å². The van der Waals surface area contributed by atoms with E-state index in [4.69, 9.17) is 4.74 Å². The predicted octanol–water partition coefficient (Wildman–Crippen LogP) is 1.97. The van der Waals surface area contributed by atoms with E-state index in [-0.39, 0.29) is 30.4 Å². The summed E-state index contributed by atoms with van der Waals surface area (Å²) in [5.74, 6) is -1.22. The van der Waals surface area contributed by atoms with E-state index in [1.807, 2.05) is 0 Å². The number of ether oxygens (including phenoxy) is 1. The maximum absolute atomic E-state index is 12.9. The second kappa shape index (κ2) is 6.91. The molecule has 0 saturated carbocycles. The molecule has 0 fully saturated rings. The lowest BCUT2D eigenvalue weighted by Gasteiger charge is -2.03. The van der Waals surface area contributed by atoms with Gasteiger partial charge in [0.2, 0.25) is 6.33 Å². The molecule has 1 aromatic carbocycles. The zero-order chi connectivity index (χ0) is 17.8. The van der Waals surface area contributed by atoms with Gasteiger partial charge in [0.25, 0.3) is 0 Å². The van der Waals surface area contributed by atoms with Crippen molar-refractivity contribution in [1.82, 2.24) is 19.3 Å². The lowest BCUT2D eigenvalue weighted by atomic mass is 10.3. The van der Waals surface area contributed by atoms with Crippen LogP contribution in [0.4, 0.5) is 10.2 Å². The van der Waals surface area contributed by atoms with Crippen LogP contribution in [-0.2, 0) is 11.3 Å². The number of hydrogen-bond donors (Lipinski definition) is 0. The first-order chi connectivity index (χ1) is 12.0. The number of aromatic nitrogens is 4. The van der Waals surface area contributed by atoms with Crippen molar-refractivity contribution in [3.63, 3.8) is 0 Å². The number of esters is 1. The van der Waals surface area contributed by atoms with Crippen molar-refractivity contribution in [2.45, 2.75) is 6.54 Å². The van der Waals surface area contributed by atoms with Crippen LogP contribution in [0.5, 0.6) is 0 Å². The number of nitrogens with zero attached hydrogens (tertiary/aromatic N) is 5. The number of carbonyl (C=O) groups excluding carboxylic acids is 1. The highest BCUT2D eigenvalue weighted by Gasteiger charge is 2.13. The molecule has 10 heteroatoms. The molecule has 0 N–H and O–H groups in total. The minimum absolute atomic E-state index is 0.0219. The molecule has 3 aromatic rings. The number of hydrogen-bond acceptors (Lipinski definition) is 6. The van der Waals surface area contributed by atoms with Crippen molar-refractivity contribution < 1.29 is 18.8 Å². The summed E-state index contributed by atoms with van der Waals surface area (Å²) >= 11 is 0. The molecular formula is C15H12FN5O4. The first kappa shape index (κ1) is 16.3. The molecule has 0 aliphatic rings. The van der Waals surface area contributed by atoms with E-state index in [0.717, 1.165) is 0 Å². The molecule has 0 unspecified atom stereocenters. The Labute approximate surface area is 140 Å². The second-order valence-corrected chi connectivity index (χ2v) is 5.01. The van der Waals surface area contributed by atoms with Gasteiger partial charge >= 0.3 is 11.8 Å². The SMILES string of the molecule is O=C(OCCn1cnc([N+](=O)[O-])c1)c1cnn(-c2ccc(F)cc2)c1. The zero-order valence-electron chi connectivity index (χ0n) is 12.8. The van der Waals surface area contributed by atoms with Crippen molar-refractivity contribution in [3.05, 3.63) is 70.7 Å². The Bertz CT molecular complexity index is 903. The standard InChI is InChI=1S/C15H12FN5O4/c16-12-1-3-13(4-2-12)20-8-11(7-18-20)15(22)25-6-5-19-9-14(17-10-19)21(23)24/h1-4,7-10H,5-6H2. The highest BCUT2D eigenvalue weighted by Crippen LogP contribution is 2.10. The Morgan fingerprint density at radius 3 is 2.72 bits per heavy atom. The average Bonchev–Trinajstić information content (AvgIpc) is 3.25. The van der Waals surface area contributed by atoms with Gasteiger partial charge in [-0.2, -0.15) is 5.10 Å². The van der Waals surface area contributed by atoms with Crippen LogP contribution in [0.2, 0.25) is 0 Å². The van der Waals surface area contributed by atoms with E-state index < -0.39 is 10.9 Å². The zero-order valence-corrected chi connectivity index (χ0v) is 12.8. The summed E-state index contributed by atoms with van der Waals surface area (Å²) in [5.41, 5.74) is 0.840. The van der Waals surface area contributed by atoms with Gasteiger partial charge in [-0.3, -0.25) is 0 Å². The highest BCUT2D eigenvalue weighted by molar-refractivity contribution is 5.88. The lowest BCUT2D eigenvalue weighted by Crippen LogP contribution is -2.10. The topological polar surface area (TPSA) is 105 Å². The van der Waals surface area contributed by atoms with Gasteiger partial charge in [-0.05, 0) is 34.2 Å². The van der Waals surface area contributed by atoms with Crippen LogP contribution < -0.4 is 0 Å². The van der Waals surface area contributed by atoms with E-state index >= 15 is 0 Å². The van der Waals surface area contributed by atoms with Crippen LogP contribution in [0, 0.1) is 15.9 Å². The monoisotopic (exact) mass is 345 g/mol. The van der Waals surface area contributed by atoms with Crippen molar-refractivity contribution in [3.8, 4) is 5.69 Å². The summed E-state index contributed by atoms with van der Waals surface area (Å²) in [6.07, 6.45) is 5.35. The average molecular weight is 345 g/mol. The third-order valence-electron chi connectivity index (χ3n) is 3.30. The normalized spacial score (nSPS) is 10.6. The van der Waals surface area contributed by atoms with Gasteiger partial charge < -0.3 is 19.4 Å². The van der Waals surface area contributed by atoms with Crippen molar-refractivity contribution in [1.29, 1.82) is 0 Å². The number of carbonyl (C=O) groups is 1. The molecule has 0 saturated heterocycles. The van der Waals surface area contributed by atoms with Crippen molar-refractivity contribution >= 4 is 11.8 Å². The van der Waals surface area contributed by atoms with Gasteiger partial charge in [0.15, 0.2) is 0 Å². The Morgan fingerprint density at radius 2 is 2.04 bits per heavy atom. The lowest BCUT2D eigenvalue weighted by molar-refractivity contribution is -0.389. The number of benzene rings is 1. The van der Waals surface area contributed by atoms with Crippen LogP contribution in [0.25, 0.3) is 5.69 Å². The minimum Gasteiger partial charge on any atom is -0.460 e.